The second-order valence-electron chi connectivity index (χ2n) is 6.62. The fourth-order valence-corrected chi connectivity index (χ4v) is 4.16. The first-order chi connectivity index (χ1) is 9.61. The molecule has 0 aliphatic carbocycles. The second kappa shape index (κ2) is 5.62. The average Bonchev–Trinajstić information content (AvgIpc) is 2.86. The molecule has 0 aromatic rings. The van der Waals surface area contributed by atoms with Gasteiger partial charge in [0.2, 0.25) is 0 Å². The van der Waals surface area contributed by atoms with Crippen molar-refractivity contribution >= 4 is 5.97 Å². The largest absolute Gasteiger partial charge is 0.480 e. The van der Waals surface area contributed by atoms with Crippen molar-refractivity contribution in [3.63, 3.8) is 0 Å². The molecule has 0 bridgehead atoms. The quantitative estimate of drug-likeness (QED) is 0.832. The summed E-state index contributed by atoms with van der Waals surface area (Å²) in [6.45, 7) is 5.14. The Morgan fingerprint density at radius 3 is 2.90 bits per heavy atom. The van der Waals surface area contributed by atoms with Crippen molar-refractivity contribution in [2.24, 2.45) is 5.92 Å². The molecule has 3 fully saturated rings. The molecule has 0 radical (unpaired) electrons. The first kappa shape index (κ1) is 14.3. The third kappa shape index (κ3) is 2.59. The van der Waals surface area contributed by atoms with Crippen LogP contribution in [0.3, 0.4) is 0 Å². The molecular formula is C15H25NO4. The lowest BCUT2D eigenvalue weighted by atomic mass is 9.84. The summed E-state index contributed by atoms with van der Waals surface area (Å²) < 4.78 is 11.5. The molecule has 5 nitrogen and oxygen atoms in total. The molecule has 0 aromatic carbocycles. The van der Waals surface area contributed by atoms with Crippen molar-refractivity contribution in [2.45, 2.75) is 56.7 Å². The third-order valence-electron chi connectivity index (χ3n) is 5.23. The van der Waals surface area contributed by atoms with Crippen molar-refractivity contribution in [1.29, 1.82) is 0 Å². The summed E-state index contributed by atoms with van der Waals surface area (Å²) in [6.07, 6.45) is 4.93. The first-order valence-electron chi connectivity index (χ1n) is 7.82. The topological polar surface area (TPSA) is 59.0 Å². The van der Waals surface area contributed by atoms with Crippen LogP contribution in [-0.2, 0) is 14.3 Å². The molecule has 3 aliphatic rings. The van der Waals surface area contributed by atoms with E-state index in [1.807, 2.05) is 0 Å². The zero-order valence-electron chi connectivity index (χ0n) is 12.2. The lowest BCUT2D eigenvalue weighted by Crippen LogP contribution is -2.57. The summed E-state index contributed by atoms with van der Waals surface area (Å²) in [5, 5.41) is 9.57. The van der Waals surface area contributed by atoms with Gasteiger partial charge in [-0.15, -0.1) is 0 Å². The Morgan fingerprint density at radius 1 is 1.35 bits per heavy atom. The maximum absolute atomic E-state index is 11.6. The summed E-state index contributed by atoms with van der Waals surface area (Å²) in [5.74, 6) is -0.430. The van der Waals surface area contributed by atoms with E-state index in [2.05, 4.69) is 11.8 Å². The number of carboxylic acids is 1. The Kier molecular flexibility index (Phi) is 4.02. The van der Waals surface area contributed by atoms with E-state index in [-0.39, 0.29) is 17.6 Å². The van der Waals surface area contributed by atoms with Gasteiger partial charge in [-0.1, -0.05) is 6.92 Å². The number of hydrogen-bond acceptors (Lipinski definition) is 4. The molecule has 3 rings (SSSR count). The predicted molar refractivity (Wildman–Crippen MR) is 73.7 cm³/mol. The van der Waals surface area contributed by atoms with Crippen LogP contribution < -0.4 is 0 Å². The summed E-state index contributed by atoms with van der Waals surface area (Å²) in [6, 6.07) is 0.000483. The van der Waals surface area contributed by atoms with Crippen LogP contribution in [0.5, 0.6) is 0 Å². The van der Waals surface area contributed by atoms with Crippen LogP contribution in [0.15, 0.2) is 0 Å². The van der Waals surface area contributed by atoms with Crippen LogP contribution in [-0.4, -0.2) is 60.0 Å². The van der Waals surface area contributed by atoms with Crippen molar-refractivity contribution in [1.82, 2.24) is 4.90 Å². The molecule has 114 valence electrons. The van der Waals surface area contributed by atoms with Crippen LogP contribution in [0.4, 0.5) is 0 Å². The van der Waals surface area contributed by atoms with E-state index in [1.54, 1.807) is 0 Å². The summed E-state index contributed by atoms with van der Waals surface area (Å²) >= 11 is 0. The molecule has 3 aliphatic heterocycles. The monoisotopic (exact) mass is 283 g/mol. The number of ether oxygens (including phenoxy) is 2. The molecule has 3 saturated heterocycles. The van der Waals surface area contributed by atoms with Gasteiger partial charge in [-0.2, -0.15) is 0 Å². The zero-order chi connectivity index (χ0) is 14.2. The second-order valence-corrected chi connectivity index (χ2v) is 6.62. The third-order valence-corrected chi connectivity index (χ3v) is 5.23. The number of carboxylic acid groups (broad SMARTS) is 1. The number of hydrogen-bond donors (Lipinski definition) is 1. The molecule has 1 N–H and O–H groups in total. The van der Waals surface area contributed by atoms with Gasteiger partial charge in [0, 0.05) is 25.7 Å². The molecule has 1 spiro atoms. The number of aliphatic carboxylic acids is 1. The van der Waals surface area contributed by atoms with Gasteiger partial charge in [-0.05, 0) is 38.1 Å². The fourth-order valence-electron chi connectivity index (χ4n) is 4.16. The van der Waals surface area contributed by atoms with Gasteiger partial charge in [-0.25, -0.2) is 0 Å². The van der Waals surface area contributed by atoms with Crippen molar-refractivity contribution < 1.29 is 19.4 Å². The highest BCUT2D eigenvalue weighted by atomic mass is 16.6. The molecule has 0 amide bonds. The molecule has 20 heavy (non-hydrogen) atoms. The van der Waals surface area contributed by atoms with Gasteiger partial charge in [0.05, 0.1) is 12.2 Å². The van der Waals surface area contributed by atoms with Gasteiger partial charge in [0.1, 0.15) is 6.04 Å². The van der Waals surface area contributed by atoms with Crippen LogP contribution in [0.2, 0.25) is 0 Å². The number of likely N-dealkylation sites (tertiary alicyclic amines) is 1. The van der Waals surface area contributed by atoms with Crippen LogP contribution in [0.25, 0.3) is 0 Å². The zero-order valence-corrected chi connectivity index (χ0v) is 12.2. The Hall–Kier alpha value is -0.650. The first-order valence-corrected chi connectivity index (χ1v) is 7.82. The van der Waals surface area contributed by atoms with Gasteiger partial charge < -0.3 is 14.6 Å². The Balaban J connectivity index is 1.74. The minimum absolute atomic E-state index is 0.146. The standard InChI is InChI=1S/C15H25NO4/c1-11-3-2-6-16(13(11)14(17)18)12-4-7-20-15(9-12)5-8-19-10-15/h11-13H,2-10H2,1H3,(H,17,18). The molecule has 4 unspecified atom stereocenters. The smallest absolute Gasteiger partial charge is 0.321 e. The minimum atomic E-state index is -0.666. The van der Waals surface area contributed by atoms with E-state index in [1.165, 1.54) is 0 Å². The lowest BCUT2D eigenvalue weighted by Gasteiger charge is -2.47. The van der Waals surface area contributed by atoms with E-state index in [9.17, 15) is 9.90 Å². The van der Waals surface area contributed by atoms with Crippen LogP contribution in [0.1, 0.15) is 39.0 Å². The van der Waals surface area contributed by atoms with E-state index in [0.717, 1.165) is 51.9 Å². The van der Waals surface area contributed by atoms with Crippen LogP contribution >= 0.6 is 0 Å². The van der Waals surface area contributed by atoms with Crippen LogP contribution in [0, 0.1) is 5.92 Å². The molecule has 0 aromatic heterocycles. The number of carbonyl (C=O) groups is 1. The maximum Gasteiger partial charge on any atom is 0.321 e. The van der Waals surface area contributed by atoms with E-state index in [0.29, 0.717) is 12.6 Å². The number of nitrogens with zero attached hydrogens (tertiary/aromatic N) is 1. The highest BCUT2D eigenvalue weighted by Crippen LogP contribution is 2.37. The number of rotatable bonds is 2. The summed E-state index contributed by atoms with van der Waals surface area (Å²) in [4.78, 5) is 13.9. The normalized spacial score (nSPS) is 43.0. The van der Waals surface area contributed by atoms with E-state index < -0.39 is 5.97 Å². The lowest BCUT2D eigenvalue weighted by molar-refractivity contribution is -0.155. The number of piperidine rings is 1. The van der Waals surface area contributed by atoms with Crippen molar-refractivity contribution in [3.8, 4) is 0 Å². The fraction of sp³-hybridized carbons (Fsp3) is 0.933. The average molecular weight is 283 g/mol. The molecule has 0 saturated carbocycles. The molecule has 5 heteroatoms. The Labute approximate surface area is 120 Å². The highest BCUT2D eigenvalue weighted by molar-refractivity contribution is 5.74. The molecule has 3 heterocycles. The summed E-state index contributed by atoms with van der Waals surface area (Å²) in [7, 11) is 0. The minimum Gasteiger partial charge on any atom is -0.480 e. The van der Waals surface area contributed by atoms with Gasteiger partial charge >= 0.3 is 5.97 Å². The molecule has 4 atom stereocenters. The van der Waals surface area contributed by atoms with Gasteiger partial charge in [0.15, 0.2) is 0 Å². The van der Waals surface area contributed by atoms with E-state index in [4.69, 9.17) is 9.47 Å². The predicted octanol–water partition coefficient (Wildman–Crippen LogP) is 1.51. The molecular weight excluding hydrogens is 258 g/mol. The van der Waals surface area contributed by atoms with Gasteiger partial charge in [-0.3, -0.25) is 9.69 Å². The Morgan fingerprint density at radius 2 is 2.20 bits per heavy atom. The van der Waals surface area contributed by atoms with Crippen molar-refractivity contribution in [2.75, 3.05) is 26.4 Å². The summed E-state index contributed by atoms with van der Waals surface area (Å²) in [5.41, 5.74) is -0.146. The van der Waals surface area contributed by atoms with Gasteiger partial charge in [0.25, 0.3) is 0 Å². The van der Waals surface area contributed by atoms with Crippen molar-refractivity contribution in [3.05, 3.63) is 0 Å². The highest BCUT2D eigenvalue weighted by Gasteiger charge is 2.46. The SMILES string of the molecule is CC1CCCN(C2CCOC3(CCOC3)C2)C1C(=O)O. The Bertz CT molecular complexity index is 367. The van der Waals surface area contributed by atoms with E-state index >= 15 is 0 Å². The maximum atomic E-state index is 11.6.